The molecular formula is C31H62O16P2Y2. The zero-order valence-electron chi connectivity index (χ0n) is 30.5. The van der Waals surface area contributed by atoms with Gasteiger partial charge in [-0.05, 0) is 58.8 Å². The molecule has 6 N–H and O–H groups in total. The Hall–Kier alpha value is 2.11. The maximum Gasteiger partial charge on any atom is 0.319 e. The second kappa shape index (κ2) is 30.2. The molecule has 1 heterocycles. The Balaban J connectivity index is 0.0000125. The monoisotopic (exact) mass is 930 g/mol. The van der Waals surface area contributed by atoms with Crippen LogP contribution < -0.4 is 0 Å². The van der Waals surface area contributed by atoms with Crippen LogP contribution in [-0.2, 0) is 112 Å². The molecule has 13 atom stereocenters. The summed E-state index contributed by atoms with van der Waals surface area (Å²) in [5, 5.41) is 59.0. The molecule has 1 aliphatic heterocycles. The molecule has 2 radical (unpaired) electrons. The molecule has 1 saturated carbocycles. The van der Waals surface area contributed by atoms with Gasteiger partial charge in [0.15, 0.2) is 6.29 Å². The van der Waals surface area contributed by atoms with Crippen LogP contribution in [0.4, 0.5) is 0 Å². The zero-order chi connectivity index (χ0) is 36.3. The largest absolute Gasteiger partial charge is 0.396 e. The number of unbranched alkanes of at least 4 members (excludes halogenated alkanes) is 4. The quantitative estimate of drug-likeness (QED) is 0.0537. The van der Waals surface area contributed by atoms with Crippen molar-refractivity contribution in [2.24, 2.45) is 17.8 Å². The van der Waals surface area contributed by atoms with Gasteiger partial charge in [-0.3, -0.25) is 9.13 Å². The van der Waals surface area contributed by atoms with Gasteiger partial charge in [0.2, 0.25) is 0 Å². The van der Waals surface area contributed by atoms with Crippen LogP contribution in [0.1, 0.15) is 72.6 Å². The van der Waals surface area contributed by atoms with Crippen molar-refractivity contribution in [3.8, 4) is 0 Å². The number of ether oxygens (including phenoxy) is 4. The van der Waals surface area contributed by atoms with Crippen LogP contribution in [0, 0.1) is 17.8 Å². The van der Waals surface area contributed by atoms with Gasteiger partial charge in [0, 0.05) is 103 Å². The van der Waals surface area contributed by atoms with E-state index in [1.165, 1.54) is 0 Å². The predicted molar refractivity (Wildman–Crippen MR) is 179 cm³/mol. The maximum absolute atomic E-state index is 12.3. The van der Waals surface area contributed by atoms with Gasteiger partial charge in [-0.2, -0.15) is 0 Å². The van der Waals surface area contributed by atoms with Crippen molar-refractivity contribution >= 4 is 16.5 Å². The van der Waals surface area contributed by atoms with Crippen molar-refractivity contribution in [2.75, 3.05) is 52.9 Å². The molecular weight excluding hydrogens is 868 g/mol. The Morgan fingerprint density at radius 3 is 1.69 bits per heavy atom. The first-order valence-electron chi connectivity index (χ1n) is 17.5. The van der Waals surface area contributed by atoms with Gasteiger partial charge in [-0.25, -0.2) is 0 Å². The van der Waals surface area contributed by atoms with E-state index in [0.717, 1.165) is 12.8 Å². The van der Waals surface area contributed by atoms with Crippen molar-refractivity contribution in [3.05, 3.63) is 0 Å². The van der Waals surface area contributed by atoms with E-state index in [0.29, 0.717) is 45.3 Å². The van der Waals surface area contributed by atoms with Crippen LogP contribution in [0.25, 0.3) is 0 Å². The van der Waals surface area contributed by atoms with E-state index in [2.05, 4.69) is 0 Å². The minimum absolute atomic E-state index is 0. The fraction of sp³-hybridized carbons (Fsp3) is 1.00. The number of hydrogen-bond acceptors (Lipinski definition) is 16. The molecule has 16 nitrogen and oxygen atoms in total. The predicted octanol–water partition coefficient (Wildman–Crippen LogP) is 1.81. The molecule has 0 spiro atoms. The van der Waals surface area contributed by atoms with E-state index >= 15 is 0 Å². The van der Waals surface area contributed by atoms with E-state index in [4.69, 9.17) is 37.0 Å². The number of rotatable bonds is 26. The Morgan fingerprint density at radius 1 is 0.667 bits per heavy atom. The maximum atomic E-state index is 12.3. The first-order chi connectivity index (χ1) is 23.4. The average molecular weight is 931 g/mol. The molecule has 1 saturated heterocycles. The minimum atomic E-state index is -2.80. The Kier molecular flexibility index (Phi) is 31.5. The second-order valence-electron chi connectivity index (χ2n) is 13.1. The van der Waals surface area contributed by atoms with Crippen molar-refractivity contribution < 1.29 is 142 Å². The summed E-state index contributed by atoms with van der Waals surface area (Å²) < 4.78 is 68.6. The van der Waals surface area contributed by atoms with Crippen LogP contribution in [0.15, 0.2) is 0 Å². The fourth-order valence-electron chi connectivity index (χ4n) is 5.70. The van der Waals surface area contributed by atoms with Crippen LogP contribution in [-0.4, -0.2) is 139 Å². The smallest absolute Gasteiger partial charge is 0.319 e. The average Bonchev–Trinajstić information content (AvgIpc) is 3.08. The second-order valence-corrected chi connectivity index (χ2v) is 15.3. The molecule has 2 rings (SSSR count). The summed E-state index contributed by atoms with van der Waals surface area (Å²) in [6.45, 7) is 7.62. The first-order valence-corrected chi connectivity index (χ1v) is 19.9. The Morgan fingerprint density at radius 2 is 1.18 bits per heavy atom. The summed E-state index contributed by atoms with van der Waals surface area (Å²) in [5.41, 5.74) is 0. The van der Waals surface area contributed by atoms with Crippen molar-refractivity contribution in [3.63, 3.8) is 0 Å². The molecule has 51 heavy (non-hydrogen) atoms. The molecule has 0 bridgehead atoms. The first kappa shape index (κ1) is 53.1. The molecule has 0 aromatic rings. The summed E-state index contributed by atoms with van der Waals surface area (Å²) >= 11 is 0. The number of hydrogen-bond donors (Lipinski definition) is 6. The van der Waals surface area contributed by atoms with Gasteiger partial charge in [0.25, 0.3) is 0 Å². The van der Waals surface area contributed by atoms with Crippen LogP contribution in [0.3, 0.4) is 0 Å². The third-order valence-corrected chi connectivity index (χ3v) is 10.5. The van der Waals surface area contributed by atoms with E-state index in [1.807, 2.05) is 20.8 Å². The normalized spacial score (nSPS) is 31.4. The summed E-state index contributed by atoms with van der Waals surface area (Å²) in [6.07, 6.45) is -2.24. The van der Waals surface area contributed by atoms with E-state index in [9.17, 15) is 39.8 Å². The van der Waals surface area contributed by atoms with Gasteiger partial charge in [0.05, 0.1) is 63.6 Å². The third kappa shape index (κ3) is 20.4. The van der Waals surface area contributed by atoms with E-state index < -0.39 is 77.9 Å². The third-order valence-electron chi connectivity index (χ3n) is 8.79. The number of aliphatic hydroxyl groups is 6. The molecule has 1 aliphatic carbocycles. The summed E-state index contributed by atoms with van der Waals surface area (Å²) in [5.74, 6) is -1.10. The van der Waals surface area contributed by atoms with Crippen molar-refractivity contribution in [1.82, 2.24) is 0 Å². The molecule has 13 unspecified atom stereocenters. The van der Waals surface area contributed by atoms with Gasteiger partial charge in [-0.15, -0.1) is 0 Å². The topological polar surface area (TPSA) is 229 Å². The van der Waals surface area contributed by atoms with Crippen molar-refractivity contribution in [2.45, 2.75) is 128 Å². The van der Waals surface area contributed by atoms with E-state index in [1.54, 1.807) is 6.92 Å². The zero-order valence-corrected chi connectivity index (χ0v) is 38.1. The van der Waals surface area contributed by atoms with Gasteiger partial charge in [0.1, 0.15) is 18.3 Å². The molecule has 0 aromatic heterocycles. The van der Waals surface area contributed by atoms with Crippen LogP contribution in [0.5, 0.6) is 0 Å². The molecule has 298 valence electrons. The molecule has 2 fully saturated rings. The summed E-state index contributed by atoms with van der Waals surface area (Å²) in [7, 11) is -5.58. The Labute approximate surface area is 354 Å². The molecule has 20 heteroatoms. The summed E-state index contributed by atoms with van der Waals surface area (Å²) in [4.78, 5) is 0. The van der Waals surface area contributed by atoms with Crippen LogP contribution >= 0.6 is 16.5 Å². The van der Waals surface area contributed by atoms with E-state index in [-0.39, 0.29) is 117 Å². The Bertz CT molecular complexity index is 861. The molecule has 2 aliphatic rings. The SMILES string of the molecule is CC(C)OC(CO[PH](=O)OCCCCCOC1CC(CO)C(O)C(O)C1C)CO[PH](=O)OCCCCCOC1OC(CO)C(O)C(O)C1C.[Y].[Y]. The van der Waals surface area contributed by atoms with Crippen molar-refractivity contribution in [1.29, 1.82) is 0 Å². The van der Waals surface area contributed by atoms with Gasteiger partial charge >= 0.3 is 16.5 Å². The number of aliphatic hydroxyl groups excluding tert-OH is 6. The molecule has 0 aromatic carbocycles. The molecule has 0 amide bonds. The van der Waals surface area contributed by atoms with Gasteiger partial charge < -0.3 is 67.7 Å². The fourth-order valence-corrected chi connectivity index (χ4v) is 7.13. The van der Waals surface area contributed by atoms with Crippen LogP contribution in [0.2, 0.25) is 0 Å². The minimum Gasteiger partial charge on any atom is -0.396 e. The standard InChI is InChI=1S/C31H62O16P2.2Y/c1-20(2)46-24(18-44-48(38)42-13-9-5-7-11-40-25-15-23(16-32)29(36)27(34)21(25)3)19-45-49(39)43-14-10-6-8-12-41-31-22(4)28(35)30(37)26(17-33)47-31;;/h20-37,48-49H,5-19H2,1-4H3;;. The van der Waals surface area contributed by atoms with Gasteiger partial charge in [-0.1, -0.05) is 13.8 Å². The summed E-state index contributed by atoms with van der Waals surface area (Å²) in [6, 6.07) is 0.